The van der Waals surface area contributed by atoms with Crippen molar-refractivity contribution in [2.75, 3.05) is 12.4 Å². The molecule has 5 heteroatoms. The molecule has 2 aliphatic heterocycles. The van der Waals surface area contributed by atoms with Crippen LogP contribution >= 0.6 is 11.8 Å². The van der Waals surface area contributed by atoms with Crippen LogP contribution in [0.2, 0.25) is 0 Å². The van der Waals surface area contributed by atoms with Crippen LogP contribution < -0.4 is 10.6 Å². The summed E-state index contributed by atoms with van der Waals surface area (Å²) >= 11 is 1.95. The van der Waals surface area contributed by atoms with Crippen LogP contribution in [-0.2, 0) is 0 Å². The maximum absolute atomic E-state index is 11.1. The molecule has 2 fully saturated rings. The smallest absolute Gasteiger partial charge is 0.315 e. The predicted octanol–water partition coefficient (Wildman–Crippen LogP) is 0.704. The molecule has 2 amide bonds. The lowest BCUT2D eigenvalue weighted by Gasteiger charge is -2.16. The molecule has 3 N–H and O–H groups in total. The van der Waals surface area contributed by atoms with Crippen molar-refractivity contribution < 1.29 is 9.90 Å². The van der Waals surface area contributed by atoms with E-state index in [9.17, 15) is 4.79 Å². The van der Waals surface area contributed by atoms with E-state index in [1.54, 1.807) is 0 Å². The van der Waals surface area contributed by atoms with E-state index in [-0.39, 0.29) is 6.03 Å². The minimum absolute atomic E-state index is 0.00865. The zero-order chi connectivity index (χ0) is 10.7. The minimum atomic E-state index is -0.00865. The van der Waals surface area contributed by atoms with Crippen LogP contribution in [0.4, 0.5) is 4.79 Å². The van der Waals surface area contributed by atoms with Crippen molar-refractivity contribution in [3.05, 3.63) is 0 Å². The van der Waals surface area contributed by atoms with Crippen LogP contribution in [0.25, 0.3) is 0 Å². The average molecular weight is 230 g/mol. The van der Waals surface area contributed by atoms with Crippen LogP contribution in [0.15, 0.2) is 0 Å². The average Bonchev–Trinajstić information content (AvgIpc) is 2.73. The van der Waals surface area contributed by atoms with Gasteiger partial charge in [0.15, 0.2) is 0 Å². The van der Waals surface area contributed by atoms with E-state index < -0.39 is 0 Å². The van der Waals surface area contributed by atoms with E-state index in [1.165, 1.54) is 0 Å². The van der Waals surface area contributed by atoms with Crippen LogP contribution in [-0.4, -0.2) is 40.8 Å². The summed E-state index contributed by atoms with van der Waals surface area (Å²) in [6.45, 7) is 0.294. The Bertz CT molecular complexity index is 237. The second kappa shape index (κ2) is 5.07. The molecule has 3 atom stereocenters. The Morgan fingerprint density at radius 3 is 3.00 bits per heavy atom. The van der Waals surface area contributed by atoms with Gasteiger partial charge in [-0.15, -0.1) is 0 Å². The summed E-state index contributed by atoms with van der Waals surface area (Å²) in [7, 11) is 0. The van der Waals surface area contributed by atoms with Crippen molar-refractivity contribution >= 4 is 17.8 Å². The third-order valence-corrected chi connectivity index (χ3v) is 4.59. The standard InChI is InChI=1S/C10H18N2O2S/c13-5-3-1-2-4-8-9-7(6-15-8)11-10(14)12-9/h7-9,13H,1-6H2,(H2,11,12,14)/t7-,8-,9-/m0/s1. The molecule has 86 valence electrons. The van der Waals surface area contributed by atoms with Gasteiger partial charge in [0.25, 0.3) is 0 Å². The normalized spacial score (nSPS) is 33.7. The first-order chi connectivity index (χ1) is 7.31. The minimum Gasteiger partial charge on any atom is -0.396 e. The zero-order valence-electron chi connectivity index (χ0n) is 8.74. The lowest BCUT2D eigenvalue weighted by atomic mass is 10.0. The quantitative estimate of drug-likeness (QED) is 0.481. The number of hydrogen-bond donors (Lipinski definition) is 3. The highest BCUT2D eigenvalue weighted by molar-refractivity contribution is 8.00. The molecule has 0 unspecified atom stereocenters. The SMILES string of the molecule is O=C1N[C@H]2[C@H](CS[C@H]2CCCCCO)N1. The largest absolute Gasteiger partial charge is 0.396 e. The summed E-state index contributed by atoms with van der Waals surface area (Å²) in [6, 6.07) is 0.660. The summed E-state index contributed by atoms with van der Waals surface area (Å²) in [5.74, 6) is 1.04. The molecule has 0 bridgehead atoms. The van der Waals surface area contributed by atoms with Gasteiger partial charge in [-0.3, -0.25) is 0 Å². The Morgan fingerprint density at radius 2 is 2.20 bits per heavy atom. The number of rotatable bonds is 5. The third-order valence-electron chi connectivity index (χ3n) is 3.08. The number of thioether (sulfide) groups is 1. The maximum Gasteiger partial charge on any atom is 0.315 e. The first-order valence-electron chi connectivity index (χ1n) is 5.61. The third kappa shape index (κ3) is 2.58. The molecule has 0 saturated carbocycles. The van der Waals surface area contributed by atoms with Gasteiger partial charge in [-0.2, -0.15) is 11.8 Å². The molecular formula is C10H18N2O2S. The Morgan fingerprint density at radius 1 is 1.33 bits per heavy atom. The number of hydrogen-bond acceptors (Lipinski definition) is 3. The van der Waals surface area contributed by atoms with Crippen LogP contribution in [0.3, 0.4) is 0 Å². The number of fused-ring (bicyclic) bond motifs is 1. The topological polar surface area (TPSA) is 61.4 Å². The number of aliphatic hydroxyl groups excluding tert-OH is 1. The van der Waals surface area contributed by atoms with Gasteiger partial charge >= 0.3 is 6.03 Å². The van der Waals surface area contributed by atoms with Crippen LogP contribution in [0, 0.1) is 0 Å². The fraction of sp³-hybridized carbons (Fsp3) is 0.900. The van der Waals surface area contributed by atoms with Crippen molar-refractivity contribution in [3.63, 3.8) is 0 Å². The number of carbonyl (C=O) groups is 1. The fourth-order valence-electron chi connectivity index (χ4n) is 2.28. The van der Waals surface area contributed by atoms with E-state index in [2.05, 4.69) is 10.6 Å². The molecule has 0 spiro atoms. The highest BCUT2D eigenvalue weighted by Crippen LogP contribution is 2.33. The van der Waals surface area contributed by atoms with Gasteiger partial charge in [0, 0.05) is 17.6 Å². The van der Waals surface area contributed by atoms with Crippen molar-refractivity contribution in [1.82, 2.24) is 10.6 Å². The maximum atomic E-state index is 11.1. The van der Waals surface area contributed by atoms with Gasteiger partial charge in [-0.05, 0) is 12.8 Å². The summed E-state index contributed by atoms with van der Waals surface area (Å²) in [6.07, 6.45) is 4.29. The van der Waals surface area contributed by atoms with Crippen molar-refractivity contribution in [2.24, 2.45) is 0 Å². The molecule has 4 nitrogen and oxygen atoms in total. The summed E-state index contributed by atoms with van der Waals surface area (Å²) in [4.78, 5) is 11.1. The molecule has 0 radical (unpaired) electrons. The molecule has 15 heavy (non-hydrogen) atoms. The molecule has 0 aromatic carbocycles. The number of unbranched alkanes of at least 4 members (excludes halogenated alkanes) is 2. The molecular weight excluding hydrogens is 212 g/mol. The number of urea groups is 1. The monoisotopic (exact) mass is 230 g/mol. The first-order valence-corrected chi connectivity index (χ1v) is 6.65. The number of aliphatic hydroxyl groups is 1. The Balaban J connectivity index is 1.72. The molecule has 2 aliphatic rings. The Labute approximate surface area is 94.2 Å². The lowest BCUT2D eigenvalue weighted by Crippen LogP contribution is -2.36. The van der Waals surface area contributed by atoms with Crippen molar-refractivity contribution in [1.29, 1.82) is 0 Å². The van der Waals surface area contributed by atoms with Gasteiger partial charge < -0.3 is 15.7 Å². The van der Waals surface area contributed by atoms with Crippen LogP contribution in [0.5, 0.6) is 0 Å². The van der Waals surface area contributed by atoms with Crippen LogP contribution in [0.1, 0.15) is 25.7 Å². The van der Waals surface area contributed by atoms with Gasteiger partial charge in [0.2, 0.25) is 0 Å². The van der Waals surface area contributed by atoms with Gasteiger partial charge in [-0.1, -0.05) is 12.8 Å². The number of amides is 2. The summed E-state index contributed by atoms with van der Waals surface area (Å²) < 4.78 is 0. The molecule has 0 aromatic rings. The molecule has 2 rings (SSSR count). The van der Waals surface area contributed by atoms with Gasteiger partial charge in [0.1, 0.15) is 0 Å². The molecule has 0 aliphatic carbocycles. The fourth-order valence-corrected chi connectivity index (χ4v) is 3.82. The second-order valence-corrected chi connectivity index (χ2v) is 5.47. The highest BCUT2D eigenvalue weighted by atomic mass is 32.2. The van der Waals surface area contributed by atoms with E-state index in [0.717, 1.165) is 31.4 Å². The predicted molar refractivity (Wildman–Crippen MR) is 61.0 cm³/mol. The molecule has 2 saturated heterocycles. The van der Waals surface area contributed by atoms with E-state index in [0.29, 0.717) is 23.9 Å². The number of nitrogens with one attached hydrogen (secondary N) is 2. The second-order valence-electron chi connectivity index (χ2n) is 4.19. The van der Waals surface area contributed by atoms with E-state index in [1.807, 2.05) is 11.8 Å². The van der Waals surface area contributed by atoms with Gasteiger partial charge in [0.05, 0.1) is 12.1 Å². The first kappa shape index (κ1) is 11.1. The van der Waals surface area contributed by atoms with Crippen molar-refractivity contribution in [3.8, 4) is 0 Å². The molecule has 2 heterocycles. The zero-order valence-corrected chi connectivity index (χ0v) is 9.55. The summed E-state index contributed by atoms with van der Waals surface area (Å²) in [5, 5.41) is 15.2. The summed E-state index contributed by atoms with van der Waals surface area (Å²) in [5.41, 5.74) is 0. The molecule has 0 aromatic heterocycles. The van der Waals surface area contributed by atoms with Gasteiger partial charge in [-0.25, -0.2) is 4.79 Å². The lowest BCUT2D eigenvalue weighted by molar-refractivity contribution is 0.247. The Kier molecular flexibility index (Phi) is 3.75. The van der Waals surface area contributed by atoms with Crippen molar-refractivity contribution in [2.45, 2.75) is 43.0 Å². The Hall–Kier alpha value is -0.420. The van der Waals surface area contributed by atoms with E-state index in [4.69, 9.17) is 5.11 Å². The highest BCUT2D eigenvalue weighted by Gasteiger charge is 2.42. The number of carbonyl (C=O) groups excluding carboxylic acids is 1. The van der Waals surface area contributed by atoms with E-state index >= 15 is 0 Å².